The predicted octanol–water partition coefficient (Wildman–Crippen LogP) is 2.01. The van der Waals surface area contributed by atoms with Crippen molar-refractivity contribution in [2.75, 3.05) is 0 Å². The Bertz CT molecular complexity index is 362. The maximum atomic E-state index is 14.2. The van der Waals surface area contributed by atoms with E-state index in [0.717, 1.165) is 12.3 Å². The van der Waals surface area contributed by atoms with Crippen LogP contribution < -0.4 is 0 Å². The van der Waals surface area contributed by atoms with Gasteiger partial charge >= 0.3 is 11.9 Å². The first-order chi connectivity index (χ1) is 7.16. The van der Waals surface area contributed by atoms with Crippen molar-refractivity contribution in [1.29, 1.82) is 0 Å². The van der Waals surface area contributed by atoms with Crippen LogP contribution in [0.4, 0.5) is 8.78 Å². The molecule has 2 atom stereocenters. The van der Waals surface area contributed by atoms with Gasteiger partial charge in [-0.3, -0.25) is 10.1 Å². The highest BCUT2D eigenvalue weighted by atomic mass is 19.2. The number of hydrogen-bond acceptors (Lipinski definition) is 4. The van der Waals surface area contributed by atoms with Gasteiger partial charge in [0.05, 0.1) is 5.60 Å². The number of aliphatic imine (C=N–C) groups is 1. The molecule has 0 aromatic heterocycles. The quantitative estimate of drug-likeness (QED) is 0.542. The summed E-state index contributed by atoms with van der Waals surface area (Å²) >= 11 is 0. The van der Waals surface area contributed by atoms with Crippen LogP contribution in [0.2, 0.25) is 0 Å². The van der Waals surface area contributed by atoms with Crippen LogP contribution in [0, 0.1) is 10.1 Å². The first-order valence-corrected chi connectivity index (χ1v) is 4.59. The van der Waals surface area contributed by atoms with Crippen molar-refractivity contribution in [3.8, 4) is 0 Å². The lowest BCUT2D eigenvalue weighted by Crippen LogP contribution is -2.52. The Kier molecular flexibility index (Phi) is 3.09. The molecule has 0 aliphatic carbocycles. The zero-order valence-electron chi connectivity index (χ0n) is 9.11. The second kappa shape index (κ2) is 3.89. The zero-order chi connectivity index (χ0) is 12.6. The molecule has 16 heavy (non-hydrogen) atoms. The first-order valence-electron chi connectivity index (χ1n) is 4.59. The number of hydrogen-bond donors (Lipinski definition) is 0. The summed E-state index contributed by atoms with van der Waals surface area (Å²) in [4.78, 5) is 12.6. The molecular weight excluding hydrogens is 222 g/mol. The van der Waals surface area contributed by atoms with E-state index in [9.17, 15) is 18.9 Å². The van der Waals surface area contributed by atoms with E-state index in [1.54, 1.807) is 0 Å². The van der Waals surface area contributed by atoms with Gasteiger partial charge in [-0.1, -0.05) is 0 Å². The normalized spacial score (nSPS) is 30.1. The number of halogens is 2. The molecule has 0 radical (unpaired) electrons. The van der Waals surface area contributed by atoms with Gasteiger partial charge in [-0.15, -0.1) is 0 Å². The number of rotatable bonds is 2. The largest absolute Gasteiger partial charge is 0.342 e. The van der Waals surface area contributed by atoms with Gasteiger partial charge in [-0.25, -0.2) is 4.99 Å². The van der Waals surface area contributed by atoms with Gasteiger partial charge in [-0.2, -0.15) is 8.78 Å². The maximum absolute atomic E-state index is 14.2. The lowest BCUT2D eigenvalue weighted by Gasteiger charge is -2.32. The molecule has 0 bridgehead atoms. The molecule has 90 valence electrons. The van der Waals surface area contributed by atoms with E-state index in [1.807, 2.05) is 0 Å². The van der Waals surface area contributed by atoms with Crippen LogP contribution in [0.1, 0.15) is 20.8 Å². The van der Waals surface area contributed by atoms with E-state index in [2.05, 4.69) is 4.99 Å². The Morgan fingerprint density at radius 2 is 2.19 bits per heavy atom. The highest BCUT2D eigenvalue weighted by Gasteiger charge is 2.55. The molecule has 1 rings (SSSR count). The average Bonchev–Trinajstić information content (AvgIpc) is 1.97. The monoisotopic (exact) mass is 234 g/mol. The third-order valence-electron chi connectivity index (χ3n) is 1.77. The predicted molar refractivity (Wildman–Crippen MR) is 53.1 cm³/mol. The Balaban J connectivity index is 3.06. The smallest absolute Gasteiger partial charge is 0.331 e. The first kappa shape index (κ1) is 12.7. The molecule has 0 N–H and O–H groups in total. The van der Waals surface area contributed by atoms with Crippen molar-refractivity contribution in [2.24, 2.45) is 4.99 Å². The van der Waals surface area contributed by atoms with Gasteiger partial charge in [0.25, 0.3) is 5.97 Å². The van der Waals surface area contributed by atoms with E-state index >= 15 is 0 Å². The van der Waals surface area contributed by atoms with Crippen LogP contribution in [0.15, 0.2) is 17.3 Å². The molecule has 0 amide bonds. The molecule has 7 heteroatoms. The van der Waals surface area contributed by atoms with E-state index in [-0.39, 0.29) is 0 Å². The Morgan fingerprint density at radius 3 is 2.62 bits per heavy atom. The fourth-order valence-electron chi connectivity index (χ4n) is 1.32. The number of nitro groups is 1. The summed E-state index contributed by atoms with van der Waals surface area (Å²) in [5.41, 5.74) is -0.981. The van der Waals surface area contributed by atoms with Gasteiger partial charge in [0.2, 0.25) is 0 Å². The molecule has 2 unspecified atom stereocenters. The van der Waals surface area contributed by atoms with Crippen molar-refractivity contribution < 1.29 is 18.4 Å². The van der Waals surface area contributed by atoms with Crippen molar-refractivity contribution >= 4 is 5.97 Å². The van der Waals surface area contributed by atoms with Gasteiger partial charge in [0.15, 0.2) is 0 Å². The van der Waals surface area contributed by atoms with Crippen molar-refractivity contribution in [2.45, 2.75) is 38.3 Å². The van der Waals surface area contributed by atoms with Crippen LogP contribution in [0.5, 0.6) is 0 Å². The Morgan fingerprint density at radius 1 is 1.62 bits per heavy atom. The van der Waals surface area contributed by atoms with Crippen LogP contribution in [0.25, 0.3) is 0 Å². The molecule has 0 spiro atoms. The van der Waals surface area contributed by atoms with E-state index in [4.69, 9.17) is 4.74 Å². The summed E-state index contributed by atoms with van der Waals surface area (Å²) in [5.74, 6) is -4.22. The summed E-state index contributed by atoms with van der Waals surface area (Å²) < 4.78 is 32.2. The summed E-state index contributed by atoms with van der Waals surface area (Å²) in [5, 5.41) is 10.6. The molecule has 0 saturated carbocycles. The van der Waals surface area contributed by atoms with Crippen molar-refractivity contribution in [3.63, 3.8) is 0 Å². The topological polar surface area (TPSA) is 64.7 Å². The Labute approximate surface area is 91.0 Å². The molecule has 1 heterocycles. The fraction of sp³-hybridized carbons (Fsp3) is 0.667. The third kappa shape index (κ3) is 2.60. The minimum absolute atomic E-state index is 0.745. The summed E-state index contributed by atoms with van der Waals surface area (Å²) in [7, 11) is 0. The maximum Gasteiger partial charge on any atom is 0.342 e. The van der Waals surface area contributed by atoms with Gasteiger partial charge in [-0.05, 0) is 20.8 Å². The molecular formula is C9H12F2N2O3. The molecule has 0 saturated heterocycles. The SMILES string of the molecule is CC(C)(C)OC1(F)C=CN=C(F)C1[N+](=O)[O-]. The van der Waals surface area contributed by atoms with Crippen LogP contribution >= 0.6 is 0 Å². The molecule has 5 nitrogen and oxygen atoms in total. The molecule has 0 fully saturated rings. The van der Waals surface area contributed by atoms with E-state index < -0.39 is 28.4 Å². The number of ether oxygens (including phenoxy) is 1. The van der Waals surface area contributed by atoms with E-state index in [1.165, 1.54) is 20.8 Å². The Hall–Kier alpha value is -1.37. The summed E-state index contributed by atoms with van der Waals surface area (Å²) in [6.45, 7) is 4.55. The molecule has 0 aromatic carbocycles. The molecule has 1 aliphatic heterocycles. The highest BCUT2D eigenvalue weighted by Crippen LogP contribution is 2.31. The minimum Gasteiger partial charge on any atom is -0.331 e. The van der Waals surface area contributed by atoms with Crippen LogP contribution in [0.3, 0.4) is 0 Å². The summed E-state index contributed by atoms with van der Waals surface area (Å²) in [6.07, 6.45) is 1.57. The van der Waals surface area contributed by atoms with E-state index in [0.29, 0.717) is 0 Å². The summed E-state index contributed by atoms with van der Waals surface area (Å²) in [6, 6.07) is -2.25. The van der Waals surface area contributed by atoms with Crippen molar-refractivity contribution in [1.82, 2.24) is 0 Å². The van der Waals surface area contributed by atoms with Gasteiger partial charge in [0, 0.05) is 17.2 Å². The second-order valence-electron chi connectivity index (χ2n) is 4.37. The zero-order valence-corrected chi connectivity index (χ0v) is 9.11. The lowest BCUT2D eigenvalue weighted by molar-refractivity contribution is -0.537. The standard InChI is InChI=1S/C9H12F2N2O3/c1-8(2,3)16-9(11)4-5-12-7(10)6(9)13(14)15/h4-6H,1-3H3. The fourth-order valence-corrected chi connectivity index (χ4v) is 1.32. The van der Waals surface area contributed by atoms with Crippen LogP contribution in [-0.4, -0.2) is 28.4 Å². The average molecular weight is 234 g/mol. The van der Waals surface area contributed by atoms with Gasteiger partial charge in [0.1, 0.15) is 0 Å². The number of alkyl halides is 1. The molecule has 1 aliphatic rings. The number of nitrogens with zero attached hydrogens (tertiary/aromatic N) is 2. The molecule has 0 aromatic rings. The lowest BCUT2D eigenvalue weighted by atomic mass is 10.1. The minimum atomic E-state index is -2.81. The second-order valence-corrected chi connectivity index (χ2v) is 4.37. The van der Waals surface area contributed by atoms with Crippen LogP contribution in [-0.2, 0) is 4.74 Å². The van der Waals surface area contributed by atoms with Crippen molar-refractivity contribution in [3.05, 3.63) is 22.4 Å². The third-order valence-corrected chi connectivity index (χ3v) is 1.77. The van der Waals surface area contributed by atoms with Gasteiger partial charge < -0.3 is 4.74 Å². The highest BCUT2D eigenvalue weighted by molar-refractivity contribution is 5.82.